The van der Waals surface area contributed by atoms with Crippen molar-refractivity contribution in [3.8, 4) is 0 Å². The van der Waals surface area contributed by atoms with Gasteiger partial charge in [-0.05, 0) is 55.1 Å². The van der Waals surface area contributed by atoms with Crippen LogP contribution in [0.5, 0.6) is 0 Å². The molecule has 0 bridgehead atoms. The van der Waals surface area contributed by atoms with Crippen LogP contribution in [0.3, 0.4) is 0 Å². The second-order valence-corrected chi connectivity index (χ2v) is 8.79. The normalized spacial score (nSPS) is 18.1. The summed E-state index contributed by atoms with van der Waals surface area (Å²) in [5.41, 5.74) is 2.13. The van der Waals surface area contributed by atoms with E-state index in [0.717, 1.165) is 43.2 Å². The molecule has 1 N–H and O–H groups in total. The van der Waals surface area contributed by atoms with Crippen molar-refractivity contribution in [3.63, 3.8) is 0 Å². The van der Waals surface area contributed by atoms with Gasteiger partial charge in [-0.3, -0.25) is 4.90 Å². The number of carboxylic acids is 1. The summed E-state index contributed by atoms with van der Waals surface area (Å²) < 4.78 is 11.1. The van der Waals surface area contributed by atoms with Gasteiger partial charge in [-0.25, -0.2) is 9.59 Å². The zero-order valence-corrected chi connectivity index (χ0v) is 19.4. The van der Waals surface area contributed by atoms with Crippen LogP contribution >= 0.6 is 0 Å². The molecule has 1 saturated carbocycles. The minimum atomic E-state index is -0.934. The molecule has 178 valence electrons. The molecule has 33 heavy (non-hydrogen) atoms. The fourth-order valence-corrected chi connectivity index (χ4v) is 4.54. The van der Waals surface area contributed by atoms with Gasteiger partial charge in [0.15, 0.2) is 0 Å². The van der Waals surface area contributed by atoms with E-state index >= 15 is 0 Å². The van der Waals surface area contributed by atoms with E-state index in [9.17, 15) is 9.59 Å². The van der Waals surface area contributed by atoms with Crippen molar-refractivity contribution in [2.24, 2.45) is 11.8 Å². The monoisotopic (exact) mass is 453 g/mol. The summed E-state index contributed by atoms with van der Waals surface area (Å²) in [4.78, 5) is 25.7. The summed E-state index contributed by atoms with van der Waals surface area (Å²) in [5.74, 6) is -0.218. The van der Waals surface area contributed by atoms with Gasteiger partial charge in [0.25, 0.3) is 0 Å². The summed E-state index contributed by atoms with van der Waals surface area (Å²) in [5, 5.41) is 8.70. The molecule has 6 nitrogen and oxygen atoms in total. The quantitative estimate of drug-likeness (QED) is 0.484. The zero-order valence-electron chi connectivity index (χ0n) is 19.4. The lowest BCUT2D eigenvalue weighted by Crippen LogP contribution is -2.37. The summed E-state index contributed by atoms with van der Waals surface area (Å²) in [7, 11) is 0. The molecule has 0 radical (unpaired) electrons. The summed E-state index contributed by atoms with van der Waals surface area (Å²) >= 11 is 0. The van der Waals surface area contributed by atoms with Gasteiger partial charge in [-0.2, -0.15) is 0 Å². The third kappa shape index (κ3) is 7.60. The van der Waals surface area contributed by atoms with Gasteiger partial charge in [-0.1, -0.05) is 67.6 Å². The van der Waals surface area contributed by atoms with E-state index in [2.05, 4.69) is 31.2 Å². The molecule has 0 atom stereocenters. The van der Waals surface area contributed by atoms with Gasteiger partial charge in [0.05, 0.1) is 19.3 Å². The van der Waals surface area contributed by atoms with E-state index in [-0.39, 0.29) is 18.7 Å². The molecular weight excluding hydrogens is 418 g/mol. The third-order valence-corrected chi connectivity index (χ3v) is 6.23. The first kappa shape index (κ1) is 24.8. The molecule has 0 spiro atoms. The van der Waals surface area contributed by atoms with Crippen molar-refractivity contribution in [1.82, 2.24) is 4.90 Å². The first-order valence-electron chi connectivity index (χ1n) is 11.9. The highest BCUT2D eigenvalue weighted by Crippen LogP contribution is 2.31. The van der Waals surface area contributed by atoms with E-state index in [4.69, 9.17) is 14.6 Å². The van der Waals surface area contributed by atoms with Crippen LogP contribution in [0.1, 0.15) is 56.2 Å². The molecule has 1 fully saturated rings. The van der Waals surface area contributed by atoms with Crippen LogP contribution in [0.25, 0.3) is 0 Å². The van der Waals surface area contributed by atoms with Crippen LogP contribution < -0.4 is 0 Å². The molecule has 2 aromatic carbocycles. The Morgan fingerprint density at radius 3 is 1.91 bits per heavy atom. The Kier molecular flexibility index (Phi) is 9.76. The van der Waals surface area contributed by atoms with Gasteiger partial charge < -0.3 is 14.6 Å². The Bertz CT molecular complexity index is 810. The van der Waals surface area contributed by atoms with Crippen molar-refractivity contribution in [1.29, 1.82) is 0 Å². The maximum atomic E-state index is 13.3. The molecule has 6 heteroatoms. The van der Waals surface area contributed by atoms with Gasteiger partial charge in [0, 0.05) is 6.54 Å². The summed E-state index contributed by atoms with van der Waals surface area (Å²) in [6.07, 6.45) is 4.42. The SMILES string of the molecule is CCCN(C(=O)OCC1CCC(COCC(=O)O)CC1)C(c1ccccc1)c1ccccc1. The Hall–Kier alpha value is -2.86. The third-order valence-electron chi connectivity index (χ3n) is 6.23. The lowest BCUT2D eigenvalue weighted by Gasteiger charge is -2.33. The highest BCUT2D eigenvalue weighted by atomic mass is 16.6. The number of rotatable bonds is 11. The molecule has 0 saturated heterocycles. The minimum Gasteiger partial charge on any atom is -0.480 e. The fourth-order valence-electron chi connectivity index (χ4n) is 4.54. The molecule has 2 aromatic rings. The first-order chi connectivity index (χ1) is 16.1. The van der Waals surface area contributed by atoms with Crippen molar-refractivity contribution in [2.75, 3.05) is 26.4 Å². The fraction of sp³-hybridized carbons (Fsp3) is 0.481. The smallest absolute Gasteiger partial charge is 0.410 e. The Labute approximate surface area is 196 Å². The largest absolute Gasteiger partial charge is 0.480 e. The average Bonchev–Trinajstić information content (AvgIpc) is 2.84. The number of hydrogen-bond acceptors (Lipinski definition) is 4. The van der Waals surface area contributed by atoms with Crippen LogP contribution in [-0.2, 0) is 14.3 Å². The Morgan fingerprint density at radius 2 is 1.42 bits per heavy atom. The van der Waals surface area contributed by atoms with E-state index in [1.165, 1.54) is 0 Å². The lowest BCUT2D eigenvalue weighted by atomic mass is 9.83. The van der Waals surface area contributed by atoms with Gasteiger partial charge >= 0.3 is 12.1 Å². The standard InChI is InChI=1S/C27H35NO5/c1-2-17-28(26(23-9-5-3-6-10-23)24-11-7-4-8-12-24)27(31)33-19-22-15-13-21(14-16-22)18-32-20-25(29)30/h3-12,21-22,26H,2,13-20H2,1H3,(H,29,30). The number of aliphatic carboxylic acids is 1. The number of carboxylic acid groups (broad SMARTS) is 1. The number of hydrogen-bond donors (Lipinski definition) is 1. The summed E-state index contributed by atoms with van der Waals surface area (Å²) in [6, 6.07) is 20.0. The van der Waals surface area contributed by atoms with Crippen LogP contribution in [-0.4, -0.2) is 48.4 Å². The number of amides is 1. The van der Waals surface area contributed by atoms with Gasteiger partial charge in [0.2, 0.25) is 0 Å². The topological polar surface area (TPSA) is 76.1 Å². The number of carbonyl (C=O) groups is 2. The maximum absolute atomic E-state index is 13.3. The van der Waals surface area contributed by atoms with Crippen LogP contribution in [0, 0.1) is 11.8 Å². The number of ether oxygens (including phenoxy) is 2. The minimum absolute atomic E-state index is 0.193. The van der Waals surface area contributed by atoms with E-state index < -0.39 is 5.97 Å². The highest BCUT2D eigenvalue weighted by Gasteiger charge is 2.29. The molecule has 1 aliphatic rings. The van der Waals surface area contributed by atoms with Crippen molar-refractivity contribution >= 4 is 12.1 Å². The predicted octanol–water partition coefficient (Wildman–Crippen LogP) is 5.53. The lowest BCUT2D eigenvalue weighted by molar-refractivity contribution is -0.142. The highest BCUT2D eigenvalue weighted by molar-refractivity contribution is 5.69. The zero-order chi connectivity index (χ0) is 23.5. The van der Waals surface area contributed by atoms with E-state index in [1.807, 2.05) is 41.3 Å². The van der Waals surface area contributed by atoms with Gasteiger partial charge in [0.1, 0.15) is 6.61 Å². The van der Waals surface area contributed by atoms with Crippen molar-refractivity contribution in [3.05, 3.63) is 71.8 Å². The van der Waals surface area contributed by atoms with Crippen LogP contribution in [0.4, 0.5) is 4.79 Å². The predicted molar refractivity (Wildman–Crippen MR) is 127 cm³/mol. The molecule has 0 unspecified atom stereocenters. The molecule has 0 heterocycles. The van der Waals surface area contributed by atoms with E-state index in [0.29, 0.717) is 31.6 Å². The van der Waals surface area contributed by atoms with Crippen molar-refractivity contribution in [2.45, 2.75) is 45.1 Å². The van der Waals surface area contributed by atoms with Crippen LogP contribution in [0.15, 0.2) is 60.7 Å². The van der Waals surface area contributed by atoms with E-state index in [1.54, 1.807) is 0 Å². The Morgan fingerprint density at radius 1 is 0.909 bits per heavy atom. The molecular formula is C27H35NO5. The molecule has 0 aromatic heterocycles. The average molecular weight is 454 g/mol. The molecule has 3 rings (SSSR count). The summed E-state index contributed by atoms with van der Waals surface area (Å²) in [6.45, 7) is 3.34. The Balaban J connectivity index is 1.60. The second kappa shape index (κ2) is 13.0. The first-order valence-corrected chi connectivity index (χ1v) is 11.9. The number of nitrogens with zero attached hydrogens (tertiary/aromatic N) is 1. The van der Waals surface area contributed by atoms with Gasteiger partial charge in [-0.15, -0.1) is 0 Å². The second-order valence-electron chi connectivity index (χ2n) is 8.79. The molecule has 1 amide bonds. The number of benzene rings is 2. The molecule has 0 aliphatic heterocycles. The maximum Gasteiger partial charge on any atom is 0.410 e. The van der Waals surface area contributed by atoms with Crippen LogP contribution in [0.2, 0.25) is 0 Å². The van der Waals surface area contributed by atoms with Crippen molar-refractivity contribution < 1.29 is 24.2 Å². The number of carbonyl (C=O) groups excluding carboxylic acids is 1. The molecule has 1 aliphatic carbocycles.